The van der Waals surface area contributed by atoms with Gasteiger partial charge in [0.15, 0.2) is 0 Å². The third-order valence-electron chi connectivity index (χ3n) is 3.86. The van der Waals surface area contributed by atoms with Crippen molar-refractivity contribution in [2.24, 2.45) is 5.92 Å². The van der Waals surface area contributed by atoms with Crippen LogP contribution >= 0.6 is 11.6 Å². The lowest BCUT2D eigenvalue weighted by Crippen LogP contribution is -2.35. The van der Waals surface area contributed by atoms with Crippen molar-refractivity contribution in [2.75, 3.05) is 13.1 Å². The first-order chi connectivity index (χ1) is 10.2. The lowest BCUT2D eigenvalue weighted by atomic mass is 9.94. The minimum absolute atomic E-state index is 0.00583. The Kier molecular flexibility index (Phi) is 5.03. The second-order valence-corrected chi connectivity index (χ2v) is 7.34. The third kappa shape index (κ3) is 4.14. The number of rotatable bonds is 2. The van der Waals surface area contributed by atoms with Crippen molar-refractivity contribution in [2.45, 2.75) is 45.8 Å². The summed E-state index contributed by atoms with van der Waals surface area (Å²) in [6.45, 7) is 8.58. The number of benzene rings is 1. The molecule has 1 aliphatic heterocycles. The first-order valence-corrected chi connectivity index (χ1v) is 7.97. The highest BCUT2D eigenvalue weighted by molar-refractivity contribution is 6.31. The number of aliphatic hydroxyl groups is 1. The van der Waals surface area contributed by atoms with Crippen LogP contribution in [0.4, 0.5) is 4.79 Å². The van der Waals surface area contributed by atoms with E-state index in [4.69, 9.17) is 16.3 Å². The quantitative estimate of drug-likeness (QED) is 0.896. The standard InChI is InChI=1S/C17H24ClNO3/c1-11-5-6-12(9-14(11)18)15(20)13-7-8-19(10-13)16(21)22-17(2,3)4/h5-6,9,13,15,20H,7-8,10H2,1-4H3. The van der Waals surface area contributed by atoms with Crippen LogP contribution in [-0.4, -0.2) is 34.8 Å². The van der Waals surface area contributed by atoms with Gasteiger partial charge >= 0.3 is 6.09 Å². The Morgan fingerprint density at radius 1 is 1.45 bits per heavy atom. The summed E-state index contributed by atoms with van der Waals surface area (Å²) in [5.41, 5.74) is 1.28. The van der Waals surface area contributed by atoms with Gasteiger partial charge in [-0.25, -0.2) is 4.79 Å². The lowest BCUT2D eigenvalue weighted by Gasteiger charge is -2.25. The van der Waals surface area contributed by atoms with Crippen molar-refractivity contribution >= 4 is 17.7 Å². The van der Waals surface area contributed by atoms with Crippen molar-refractivity contribution in [1.29, 1.82) is 0 Å². The molecule has 1 fully saturated rings. The molecular formula is C17H24ClNO3. The molecule has 2 unspecified atom stereocenters. The van der Waals surface area contributed by atoms with E-state index in [-0.39, 0.29) is 12.0 Å². The van der Waals surface area contributed by atoms with Crippen molar-refractivity contribution in [1.82, 2.24) is 4.90 Å². The smallest absolute Gasteiger partial charge is 0.410 e. The number of ether oxygens (including phenoxy) is 1. The summed E-state index contributed by atoms with van der Waals surface area (Å²) in [7, 11) is 0. The molecule has 0 spiro atoms. The van der Waals surface area contributed by atoms with Crippen molar-refractivity contribution in [3.63, 3.8) is 0 Å². The fraction of sp³-hybridized carbons (Fsp3) is 0.588. The third-order valence-corrected chi connectivity index (χ3v) is 4.27. The zero-order valence-electron chi connectivity index (χ0n) is 13.6. The highest BCUT2D eigenvalue weighted by Gasteiger charge is 2.34. The molecule has 1 aliphatic rings. The largest absolute Gasteiger partial charge is 0.444 e. The minimum atomic E-state index is -0.620. The average Bonchev–Trinajstić information content (AvgIpc) is 2.89. The molecule has 4 nitrogen and oxygen atoms in total. The van der Waals surface area contributed by atoms with Crippen LogP contribution in [-0.2, 0) is 4.74 Å². The number of hydrogen-bond acceptors (Lipinski definition) is 3. The van der Waals surface area contributed by atoms with E-state index in [0.717, 1.165) is 17.5 Å². The molecule has 2 atom stereocenters. The van der Waals surface area contributed by atoms with Gasteiger partial charge in [-0.1, -0.05) is 23.7 Å². The topological polar surface area (TPSA) is 49.8 Å². The molecule has 1 saturated heterocycles. The molecule has 1 N–H and O–H groups in total. The van der Waals surface area contributed by atoms with E-state index in [1.165, 1.54) is 0 Å². The monoisotopic (exact) mass is 325 g/mol. The number of hydrogen-bond donors (Lipinski definition) is 1. The average molecular weight is 326 g/mol. The molecular weight excluding hydrogens is 302 g/mol. The molecule has 22 heavy (non-hydrogen) atoms. The van der Waals surface area contributed by atoms with E-state index in [0.29, 0.717) is 18.1 Å². The molecule has 0 aliphatic carbocycles. The van der Waals surface area contributed by atoms with Crippen LogP contribution in [0.25, 0.3) is 0 Å². The highest BCUT2D eigenvalue weighted by atomic mass is 35.5. The minimum Gasteiger partial charge on any atom is -0.444 e. The van der Waals surface area contributed by atoms with Crippen LogP contribution in [0.1, 0.15) is 44.4 Å². The molecule has 0 radical (unpaired) electrons. The Morgan fingerprint density at radius 3 is 2.73 bits per heavy atom. The van der Waals surface area contributed by atoms with Gasteiger partial charge in [0.05, 0.1) is 6.10 Å². The van der Waals surface area contributed by atoms with E-state index in [9.17, 15) is 9.90 Å². The molecule has 2 rings (SSSR count). The van der Waals surface area contributed by atoms with E-state index in [1.807, 2.05) is 39.8 Å². The zero-order valence-corrected chi connectivity index (χ0v) is 14.4. The molecule has 1 aromatic carbocycles. The van der Waals surface area contributed by atoms with Crippen LogP contribution < -0.4 is 0 Å². The normalized spacial score (nSPS) is 20.1. The first-order valence-electron chi connectivity index (χ1n) is 7.59. The van der Waals surface area contributed by atoms with Crippen LogP contribution in [0.15, 0.2) is 18.2 Å². The number of halogens is 1. The zero-order chi connectivity index (χ0) is 16.5. The predicted molar refractivity (Wildman–Crippen MR) is 87.1 cm³/mol. The molecule has 5 heteroatoms. The molecule has 0 aromatic heterocycles. The number of aliphatic hydroxyl groups excluding tert-OH is 1. The Hall–Kier alpha value is -1.26. The number of carbonyl (C=O) groups excluding carboxylic acids is 1. The summed E-state index contributed by atoms with van der Waals surface area (Å²) in [6, 6.07) is 5.60. The predicted octanol–water partition coefficient (Wildman–Crippen LogP) is 3.94. The summed E-state index contributed by atoms with van der Waals surface area (Å²) in [4.78, 5) is 13.7. The number of nitrogens with zero attached hydrogens (tertiary/aromatic N) is 1. The second-order valence-electron chi connectivity index (χ2n) is 6.93. The maximum absolute atomic E-state index is 12.1. The fourth-order valence-corrected chi connectivity index (χ4v) is 2.79. The SMILES string of the molecule is Cc1ccc(C(O)C2CCN(C(=O)OC(C)(C)C)C2)cc1Cl. The Labute approximate surface area is 137 Å². The number of aryl methyl sites for hydroxylation is 1. The van der Waals surface area contributed by atoms with Gasteiger partial charge in [-0.05, 0) is 51.3 Å². The van der Waals surface area contributed by atoms with Gasteiger partial charge in [-0.15, -0.1) is 0 Å². The molecule has 1 amide bonds. The van der Waals surface area contributed by atoms with Gasteiger partial charge < -0.3 is 14.7 Å². The molecule has 1 heterocycles. The first kappa shape index (κ1) is 17.1. The summed E-state index contributed by atoms with van der Waals surface area (Å²) in [5, 5.41) is 11.2. The number of likely N-dealkylation sites (tertiary alicyclic amines) is 1. The second kappa shape index (κ2) is 6.47. The van der Waals surface area contributed by atoms with E-state index >= 15 is 0 Å². The summed E-state index contributed by atoms with van der Waals surface area (Å²) >= 11 is 6.12. The fourth-order valence-electron chi connectivity index (χ4n) is 2.60. The van der Waals surface area contributed by atoms with Crippen LogP contribution in [0.2, 0.25) is 5.02 Å². The summed E-state index contributed by atoms with van der Waals surface area (Å²) in [5.74, 6) is 0.00583. The van der Waals surface area contributed by atoms with Gasteiger partial charge in [0.2, 0.25) is 0 Å². The summed E-state index contributed by atoms with van der Waals surface area (Å²) < 4.78 is 5.37. The maximum Gasteiger partial charge on any atom is 0.410 e. The van der Waals surface area contributed by atoms with Gasteiger partial charge in [-0.3, -0.25) is 0 Å². The maximum atomic E-state index is 12.1. The van der Waals surface area contributed by atoms with E-state index < -0.39 is 11.7 Å². The van der Waals surface area contributed by atoms with Crippen molar-refractivity contribution in [3.05, 3.63) is 34.3 Å². The lowest BCUT2D eigenvalue weighted by molar-refractivity contribution is 0.0268. The number of amides is 1. The Balaban J connectivity index is 2.00. The highest BCUT2D eigenvalue weighted by Crippen LogP contribution is 2.32. The van der Waals surface area contributed by atoms with Crippen molar-refractivity contribution in [3.8, 4) is 0 Å². The van der Waals surface area contributed by atoms with Crippen LogP contribution in [0.5, 0.6) is 0 Å². The van der Waals surface area contributed by atoms with Crippen molar-refractivity contribution < 1.29 is 14.6 Å². The molecule has 0 saturated carbocycles. The Morgan fingerprint density at radius 2 is 2.14 bits per heavy atom. The molecule has 122 valence electrons. The van der Waals surface area contributed by atoms with Crippen LogP contribution in [0.3, 0.4) is 0 Å². The van der Waals surface area contributed by atoms with Gasteiger partial charge in [0, 0.05) is 24.0 Å². The van der Waals surface area contributed by atoms with E-state index in [1.54, 1.807) is 11.0 Å². The summed E-state index contributed by atoms with van der Waals surface area (Å²) in [6.07, 6.45) is -0.180. The van der Waals surface area contributed by atoms with Gasteiger partial charge in [-0.2, -0.15) is 0 Å². The van der Waals surface area contributed by atoms with Crippen LogP contribution in [0, 0.1) is 12.8 Å². The number of carbonyl (C=O) groups is 1. The molecule has 0 bridgehead atoms. The Bertz CT molecular complexity index is 553. The molecule has 1 aromatic rings. The van der Waals surface area contributed by atoms with E-state index in [2.05, 4.69) is 0 Å². The van der Waals surface area contributed by atoms with Gasteiger partial charge in [0.25, 0.3) is 0 Å². The van der Waals surface area contributed by atoms with Gasteiger partial charge in [0.1, 0.15) is 5.60 Å².